The van der Waals surface area contributed by atoms with Crippen LogP contribution in [0.3, 0.4) is 0 Å². The predicted octanol–water partition coefficient (Wildman–Crippen LogP) is 3.30. The molecule has 0 radical (unpaired) electrons. The second-order valence-electron chi connectivity index (χ2n) is 7.75. The molecule has 27 heavy (non-hydrogen) atoms. The molecule has 2 aromatic carbocycles. The van der Waals surface area contributed by atoms with E-state index in [4.69, 9.17) is 0 Å². The van der Waals surface area contributed by atoms with Gasteiger partial charge >= 0.3 is 0 Å². The molecule has 0 aromatic heterocycles. The Labute approximate surface area is 158 Å². The summed E-state index contributed by atoms with van der Waals surface area (Å²) in [6, 6.07) is 12.6. The third-order valence-corrected chi connectivity index (χ3v) is 6.30. The Morgan fingerprint density at radius 1 is 1.04 bits per heavy atom. The van der Waals surface area contributed by atoms with Crippen LogP contribution in [-0.4, -0.2) is 27.0 Å². The molecular formula is C21H20N2O3S. The molecule has 1 aliphatic heterocycles. The lowest BCUT2D eigenvalue weighted by molar-refractivity contribution is 0.102. The van der Waals surface area contributed by atoms with E-state index in [-0.39, 0.29) is 16.1 Å². The maximum atomic E-state index is 13.1. The van der Waals surface area contributed by atoms with E-state index in [2.05, 4.69) is 30.5 Å². The Morgan fingerprint density at radius 2 is 1.74 bits per heavy atom. The van der Waals surface area contributed by atoms with Crippen molar-refractivity contribution in [2.75, 3.05) is 7.05 Å². The molecule has 4 rings (SSSR count). The van der Waals surface area contributed by atoms with Crippen molar-refractivity contribution in [3.8, 4) is 0 Å². The highest BCUT2D eigenvalue weighted by atomic mass is 32.2. The number of carbonyl (C=O) groups is 1. The first-order valence-electron chi connectivity index (χ1n) is 8.71. The Hall–Kier alpha value is -2.73. The van der Waals surface area contributed by atoms with Crippen molar-refractivity contribution < 1.29 is 13.2 Å². The number of rotatable bonds is 2. The number of nitrogens with zero attached hydrogens (tertiary/aromatic N) is 1. The smallest absolute Gasteiger partial charge is 0.283 e. The van der Waals surface area contributed by atoms with Crippen LogP contribution in [0.1, 0.15) is 47.8 Å². The molecule has 0 saturated heterocycles. The largest absolute Gasteiger partial charge is 0.384 e. The maximum absolute atomic E-state index is 13.1. The zero-order chi connectivity index (χ0) is 19.6. The average Bonchev–Trinajstić information content (AvgIpc) is 2.89. The van der Waals surface area contributed by atoms with Crippen molar-refractivity contribution in [3.05, 3.63) is 70.4 Å². The van der Waals surface area contributed by atoms with Crippen molar-refractivity contribution in [1.82, 2.24) is 5.32 Å². The minimum Gasteiger partial charge on any atom is -0.384 e. The molecule has 0 fully saturated rings. The van der Waals surface area contributed by atoms with Gasteiger partial charge in [-0.15, -0.1) is 0 Å². The maximum Gasteiger partial charge on any atom is 0.283 e. The lowest BCUT2D eigenvalue weighted by Crippen LogP contribution is -2.28. The number of likely N-dealkylation sites (N-methyl/N-ethyl adjacent to an activating group) is 1. The van der Waals surface area contributed by atoms with Crippen molar-refractivity contribution in [2.45, 2.75) is 31.1 Å². The topological polar surface area (TPSA) is 75.6 Å². The number of hydrogen-bond donors (Lipinski definition) is 1. The first-order chi connectivity index (χ1) is 12.6. The van der Waals surface area contributed by atoms with Crippen LogP contribution in [0.25, 0.3) is 5.57 Å². The fourth-order valence-corrected chi connectivity index (χ4v) is 4.83. The molecule has 1 N–H and O–H groups in total. The van der Waals surface area contributed by atoms with Crippen LogP contribution in [-0.2, 0) is 15.4 Å². The quantitative estimate of drug-likeness (QED) is 0.867. The summed E-state index contributed by atoms with van der Waals surface area (Å²) in [5.41, 5.74) is 3.81. The Bertz CT molecular complexity index is 1170. The van der Waals surface area contributed by atoms with Gasteiger partial charge in [0.05, 0.1) is 16.3 Å². The van der Waals surface area contributed by atoms with E-state index in [1.165, 1.54) is 6.07 Å². The van der Waals surface area contributed by atoms with Crippen LogP contribution in [0.2, 0.25) is 0 Å². The molecule has 0 amide bonds. The van der Waals surface area contributed by atoms with Gasteiger partial charge in [-0.1, -0.05) is 57.2 Å². The highest BCUT2D eigenvalue weighted by Gasteiger charge is 2.40. The van der Waals surface area contributed by atoms with Gasteiger partial charge in [0.15, 0.2) is 0 Å². The monoisotopic (exact) mass is 380 g/mol. The summed E-state index contributed by atoms with van der Waals surface area (Å²) in [5.74, 6) is -0.221. The van der Waals surface area contributed by atoms with E-state index >= 15 is 0 Å². The molecule has 5 nitrogen and oxygen atoms in total. The summed E-state index contributed by atoms with van der Waals surface area (Å²) < 4.78 is 29.2. The van der Waals surface area contributed by atoms with Crippen LogP contribution < -0.4 is 5.32 Å². The molecule has 0 spiro atoms. The van der Waals surface area contributed by atoms with Gasteiger partial charge in [-0.05, 0) is 22.6 Å². The van der Waals surface area contributed by atoms with Gasteiger partial charge in [-0.2, -0.15) is 12.8 Å². The lowest BCUT2D eigenvalue weighted by atomic mass is 9.81. The molecule has 0 unspecified atom stereocenters. The van der Waals surface area contributed by atoms with Gasteiger partial charge in [-0.25, -0.2) is 0 Å². The van der Waals surface area contributed by atoms with E-state index in [1.807, 2.05) is 24.3 Å². The summed E-state index contributed by atoms with van der Waals surface area (Å²) in [6.07, 6.45) is 0. The van der Waals surface area contributed by atoms with Crippen molar-refractivity contribution in [2.24, 2.45) is 4.40 Å². The predicted molar refractivity (Wildman–Crippen MR) is 106 cm³/mol. The molecule has 1 heterocycles. The minimum atomic E-state index is -3.81. The van der Waals surface area contributed by atoms with Crippen LogP contribution in [0, 0.1) is 0 Å². The number of sulfonamides is 1. The number of benzene rings is 2. The number of hydrogen-bond acceptors (Lipinski definition) is 4. The number of Topliss-reactive ketones (excluding diaryl/α,β-unsaturated/α-hetero) is 1. The van der Waals surface area contributed by atoms with E-state index in [9.17, 15) is 13.2 Å². The summed E-state index contributed by atoms with van der Waals surface area (Å²) in [7, 11) is -2.14. The number of allylic oxidation sites excluding steroid dienone is 2. The first kappa shape index (κ1) is 17.7. The molecule has 2 aromatic rings. The SMILES string of the molecule is CNC1=C(c2cccc(C(C)(C)C)c2)C2=NS(=O)(=O)c3cccc(c32)C1=O. The van der Waals surface area contributed by atoms with Crippen molar-refractivity contribution in [1.29, 1.82) is 0 Å². The lowest BCUT2D eigenvalue weighted by Gasteiger charge is -2.24. The summed E-state index contributed by atoms with van der Waals surface area (Å²) in [5, 5.41) is 2.97. The van der Waals surface area contributed by atoms with Crippen molar-refractivity contribution in [3.63, 3.8) is 0 Å². The molecule has 0 saturated carbocycles. The molecule has 6 heteroatoms. The zero-order valence-corrected chi connectivity index (χ0v) is 16.4. The van der Waals surface area contributed by atoms with Crippen LogP contribution in [0.5, 0.6) is 0 Å². The van der Waals surface area contributed by atoms with Crippen LogP contribution >= 0.6 is 0 Å². The van der Waals surface area contributed by atoms with Gasteiger partial charge in [-0.3, -0.25) is 4.79 Å². The zero-order valence-electron chi connectivity index (χ0n) is 15.6. The third kappa shape index (κ3) is 2.55. The Morgan fingerprint density at radius 3 is 2.41 bits per heavy atom. The van der Waals surface area contributed by atoms with Crippen LogP contribution in [0.4, 0.5) is 0 Å². The third-order valence-electron chi connectivity index (χ3n) is 4.98. The molecule has 1 aliphatic carbocycles. The standard InChI is InChI=1S/C21H20N2O3S/c1-21(2,3)13-8-5-7-12(11-13)16-18-17-14(20(24)19(16)22-4)9-6-10-15(17)27(25,26)23-18/h5-11,22H,1-4H3. The second-order valence-corrected chi connectivity index (χ2v) is 9.33. The summed E-state index contributed by atoms with van der Waals surface area (Å²) in [6.45, 7) is 6.32. The molecule has 138 valence electrons. The fourth-order valence-electron chi connectivity index (χ4n) is 3.59. The number of nitrogens with one attached hydrogen (secondary N) is 1. The molecular weight excluding hydrogens is 360 g/mol. The first-order valence-corrected chi connectivity index (χ1v) is 10.2. The number of carbonyl (C=O) groups excluding carboxylic acids is 1. The average molecular weight is 380 g/mol. The molecule has 0 atom stereocenters. The van der Waals surface area contributed by atoms with Gasteiger partial charge in [0.2, 0.25) is 5.78 Å². The van der Waals surface area contributed by atoms with Gasteiger partial charge in [0.1, 0.15) is 0 Å². The summed E-state index contributed by atoms with van der Waals surface area (Å²) in [4.78, 5) is 13.2. The van der Waals surface area contributed by atoms with Gasteiger partial charge in [0, 0.05) is 23.7 Å². The minimum absolute atomic E-state index is 0.0817. The molecule has 2 aliphatic rings. The molecule has 0 bridgehead atoms. The second kappa shape index (κ2) is 5.63. The van der Waals surface area contributed by atoms with Crippen LogP contribution in [0.15, 0.2) is 57.5 Å². The Kier molecular flexibility index (Phi) is 3.69. The Balaban J connectivity index is 2.06. The highest BCUT2D eigenvalue weighted by molar-refractivity contribution is 7.90. The summed E-state index contributed by atoms with van der Waals surface area (Å²) >= 11 is 0. The normalized spacial score (nSPS) is 17.6. The fraction of sp³-hybridized carbons (Fsp3) is 0.238. The van der Waals surface area contributed by atoms with E-state index in [0.717, 1.165) is 11.1 Å². The van der Waals surface area contributed by atoms with E-state index in [0.29, 0.717) is 28.1 Å². The van der Waals surface area contributed by atoms with Gasteiger partial charge < -0.3 is 5.32 Å². The number of ketones is 1. The van der Waals surface area contributed by atoms with Crippen molar-refractivity contribution >= 4 is 27.1 Å². The van der Waals surface area contributed by atoms with Gasteiger partial charge in [0.25, 0.3) is 10.0 Å². The van der Waals surface area contributed by atoms with E-state index < -0.39 is 10.0 Å². The highest BCUT2D eigenvalue weighted by Crippen LogP contribution is 2.40. The van der Waals surface area contributed by atoms with E-state index in [1.54, 1.807) is 19.2 Å².